The highest BCUT2D eigenvalue weighted by Crippen LogP contribution is 2.17. The Bertz CT molecular complexity index is 527. The summed E-state index contributed by atoms with van der Waals surface area (Å²) >= 11 is 0. The largest absolute Gasteiger partial charge is 0.398 e. The van der Waals surface area contributed by atoms with E-state index < -0.39 is 16.1 Å². The van der Waals surface area contributed by atoms with Crippen LogP contribution in [0.15, 0.2) is 23.1 Å². The van der Waals surface area contributed by atoms with Gasteiger partial charge in [0.1, 0.15) is 0 Å². The molecule has 0 aliphatic rings. The fraction of sp³-hybridized carbons (Fsp3) is 0.538. The summed E-state index contributed by atoms with van der Waals surface area (Å²) in [5.74, 6) is 0.314. The highest BCUT2D eigenvalue weighted by molar-refractivity contribution is 7.89. The molecule has 0 spiro atoms. The second kappa shape index (κ2) is 6.36. The molecular formula is C13H22N2O3S. The van der Waals surface area contributed by atoms with E-state index in [4.69, 9.17) is 5.73 Å². The van der Waals surface area contributed by atoms with Crippen LogP contribution in [-0.2, 0) is 10.0 Å². The lowest BCUT2D eigenvalue weighted by Crippen LogP contribution is -2.32. The van der Waals surface area contributed by atoms with E-state index in [2.05, 4.69) is 4.72 Å². The van der Waals surface area contributed by atoms with Crippen LogP contribution in [0, 0.1) is 12.8 Å². The Labute approximate surface area is 114 Å². The molecule has 108 valence electrons. The fourth-order valence-electron chi connectivity index (χ4n) is 1.70. The van der Waals surface area contributed by atoms with Crippen LogP contribution in [0.3, 0.4) is 0 Å². The predicted molar refractivity (Wildman–Crippen MR) is 76.2 cm³/mol. The molecule has 6 heteroatoms. The lowest BCUT2D eigenvalue weighted by molar-refractivity contribution is 0.152. The molecule has 1 aromatic rings. The van der Waals surface area contributed by atoms with E-state index in [1.807, 2.05) is 20.8 Å². The smallest absolute Gasteiger partial charge is 0.240 e. The lowest BCUT2D eigenvalue weighted by atomic mass is 10.1. The number of nitrogen functional groups attached to an aromatic ring is 1. The van der Waals surface area contributed by atoms with Crippen molar-refractivity contribution in [1.82, 2.24) is 4.72 Å². The molecule has 0 amide bonds. The summed E-state index contributed by atoms with van der Waals surface area (Å²) in [5.41, 5.74) is 6.97. The number of nitrogens with two attached hydrogens (primary N) is 1. The van der Waals surface area contributed by atoms with Crippen molar-refractivity contribution in [3.63, 3.8) is 0 Å². The van der Waals surface area contributed by atoms with E-state index in [-0.39, 0.29) is 11.4 Å². The van der Waals surface area contributed by atoms with Crippen molar-refractivity contribution in [2.75, 3.05) is 12.3 Å². The summed E-state index contributed by atoms with van der Waals surface area (Å²) in [7, 11) is -3.62. The monoisotopic (exact) mass is 286 g/mol. The number of benzene rings is 1. The minimum atomic E-state index is -3.62. The van der Waals surface area contributed by atoms with E-state index >= 15 is 0 Å². The second-order valence-electron chi connectivity index (χ2n) is 5.15. The fourth-order valence-corrected chi connectivity index (χ4v) is 2.81. The average molecular weight is 286 g/mol. The summed E-state index contributed by atoms with van der Waals surface area (Å²) in [5, 5.41) is 9.68. The standard InChI is InChI=1S/C13H22N2O3S/c1-9(2)6-11(16)8-15-19(17,18)12-5-4-10(3)13(14)7-12/h4-5,7,9,11,15-16H,6,8,14H2,1-3H3. The minimum absolute atomic E-state index is 0.00823. The number of hydrogen-bond donors (Lipinski definition) is 3. The summed E-state index contributed by atoms with van der Waals surface area (Å²) < 4.78 is 26.4. The summed E-state index contributed by atoms with van der Waals surface area (Å²) in [6.45, 7) is 5.76. The van der Waals surface area contributed by atoms with E-state index in [9.17, 15) is 13.5 Å². The van der Waals surface area contributed by atoms with Gasteiger partial charge in [0.15, 0.2) is 0 Å². The number of rotatable bonds is 6. The minimum Gasteiger partial charge on any atom is -0.398 e. The molecule has 0 aliphatic carbocycles. The van der Waals surface area contributed by atoms with Crippen molar-refractivity contribution in [2.45, 2.75) is 38.2 Å². The Hall–Kier alpha value is -1.11. The first-order valence-electron chi connectivity index (χ1n) is 6.26. The van der Waals surface area contributed by atoms with Gasteiger partial charge in [0.05, 0.1) is 11.0 Å². The van der Waals surface area contributed by atoms with E-state index in [0.717, 1.165) is 5.56 Å². The van der Waals surface area contributed by atoms with E-state index in [1.54, 1.807) is 6.07 Å². The van der Waals surface area contributed by atoms with Gasteiger partial charge in [-0.3, -0.25) is 0 Å². The Balaban J connectivity index is 2.73. The second-order valence-corrected chi connectivity index (χ2v) is 6.92. The molecule has 19 heavy (non-hydrogen) atoms. The zero-order chi connectivity index (χ0) is 14.6. The first kappa shape index (κ1) is 15.9. The predicted octanol–water partition coefficient (Wildman–Crippen LogP) is 1.26. The highest BCUT2D eigenvalue weighted by atomic mass is 32.2. The van der Waals surface area contributed by atoms with Gasteiger partial charge in [0.25, 0.3) is 0 Å². The van der Waals surface area contributed by atoms with Gasteiger partial charge >= 0.3 is 0 Å². The maximum Gasteiger partial charge on any atom is 0.240 e. The van der Waals surface area contributed by atoms with Crippen molar-refractivity contribution in [2.24, 2.45) is 5.92 Å². The Morgan fingerprint density at radius 3 is 2.53 bits per heavy atom. The van der Waals surface area contributed by atoms with Gasteiger partial charge in [-0.05, 0) is 37.0 Å². The van der Waals surface area contributed by atoms with Gasteiger partial charge in [-0.1, -0.05) is 19.9 Å². The number of anilines is 1. The van der Waals surface area contributed by atoms with Gasteiger partial charge in [-0.25, -0.2) is 13.1 Å². The summed E-state index contributed by atoms with van der Waals surface area (Å²) in [6.07, 6.45) is -0.129. The Kier molecular flexibility index (Phi) is 5.34. The van der Waals surface area contributed by atoms with Gasteiger partial charge in [-0.15, -0.1) is 0 Å². The Morgan fingerprint density at radius 1 is 1.37 bits per heavy atom. The van der Waals surface area contributed by atoms with Crippen LogP contribution in [0.4, 0.5) is 5.69 Å². The van der Waals surface area contributed by atoms with Gasteiger partial charge in [0.2, 0.25) is 10.0 Å². The van der Waals surface area contributed by atoms with Gasteiger partial charge in [0, 0.05) is 12.2 Å². The summed E-state index contributed by atoms with van der Waals surface area (Å²) in [4.78, 5) is 0.118. The molecule has 1 atom stereocenters. The molecule has 1 unspecified atom stereocenters. The highest BCUT2D eigenvalue weighted by Gasteiger charge is 2.17. The molecule has 4 N–H and O–H groups in total. The number of sulfonamides is 1. The lowest BCUT2D eigenvalue weighted by Gasteiger charge is -2.14. The maximum atomic E-state index is 12.0. The molecule has 0 saturated carbocycles. The van der Waals surface area contributed by atoms with Crippen molar-refractivity contribution in [3.8, 4) is 0 Å². The topological polar surface area (TPSA) is 92.4 Å². The van der Waals surface area contributed by atoms with Crippen molar-refractivity contribution >= 4 is 15.7 Å². The number of nitrogens with one attached hydrogen (secondary N) is 1. The summed E-state index contributed by atoms with van der Waals surface area (Å²) in [6, 6.07) is 4.59. The quantitative estimate of drug-likeness (QED) is 0.686. The number of aryl methyl sites for hydroxylation is 1. The zero-order valence-electron chi connectivity index (χ0n) is 11.6. The Morgan fingerprint density at radius 2 is 2.00 bits per heavy atom. The number of hydrogen-bond acceptors (Lipinski definition) is 4. The van der Waals surface area contributed by atoms with Crippen LogP contribution in [-0.4, -0.2) is 26.2 Å². The first-order chi connectivity index (χ1) is 8.72. The molecule has 0 aliphatic heterocycles. The molecule has 0 radical (unpaired) electrons. The van der Waals surface area contributed by atoms with Crippen LogP contribution in [0.5, 0.6) is 0 Å². The van der Waals surface area contributed by atoms with Crippen LogP contribution in [0.2, 0.25) is 0 Å². The van der Waals surface area contributed by atoms with E-state index in [1.165, 1.54) is 12.1 Å². The van der Waals surface area contributed by atoms with Crippen molar-refractivity contribution in [1.29, 1.82) is 0 Å². The molecule has 0 bridgehead atoms. The number of aliphatic hydroxyl groups excluding tert-OH is 1. The molecule has 0 fully saturated rings. The first-order valence-corrected chi connectivity index (χ1v) is 7.74. The maximum absolute atomic E-state index is 12.0. The average Bonchev–Trinajstić information content (AvgIpc) is 2.29. The normalized spacial score (nSPS) is 13.7. The molecule has 1 aromatic carbocycles. The van der Waals surface area contributed by atoms with Crippen molar-refractivity contribution in [3.05, 3.63) is 23.8 Å². The third-order valence-electron chi connectivity index (χ3n) is 2.81. The van der Waals surface area contributed by atoms with Crippen molar-refractivity contribution < 1.29 is 13.5 Å². The molecule has 5 nitrogen and oxygen atoms in total. The zero-order valence-corrected chi connectivity index (χ0v) is 12.4. The SMILES string of the molecule is Cc1ccc(S(=O)(=O)NCC(O)CC(C)C)cc1N. The molecule has 0 heterocycles. The van der Waals surface area contributed by atoms with Gasteiger partial charge in [-0.2, -0.15) is 0 Å². The molecule has 1 rings (SSSR count). The van der Waals surface area contributed by atoms with Crippen LogP contribution >= 0.6 is 0 Å². The van der Waals surface area contributed by atoms with Gasteiger partial charge < -0.3 is 10.8 Å². The molecule has 0 aromatic heterocycles. The van der Waals surface area contributed by atoms with Crippen LogP contribution in [0.25, 0.3) is 0 Å². The number of aliphatic hydroxyl groups is 1. The molecule has 0 saturated heterocycles. The third-order valence-corrected chi connectivity index (χ3v) is 4.23. The van der Waals surface area contributed by atoms with Crippen LogP contribution in [0.1, 0.15) is 25.8 Å². The van der Waals surface area contributed by atoms with Crippen LogP contribution < -0.4 is 10.5 Å². The van der Waals surface area contributed by atoms with E-state index in [0.29, 0.717) is 18.0 Å². The molecular weight excluding hydrogens is 264 g/mol. The third kappa shape index (κ3) is 4.81.